The SMILES string of the molecule is N#CCOc1ccc(C[C@H](NC(=O)O[C@H]2CO[C@H]3OCC[C@H]32)[C@H](O)CN(CC2CCCC2)S(=O)(=O)c2ccc3c(c2)OCO3)cc1. The average Bonchev–Trinajstić information content (AvgIpc) is 3.87. The smallest absolute Gasteiger partial charge is 0.407 e. The zero-order chi connectivity index (χ0) is 32.1. The van der Waals surface area contributed by atoms with Gasteiger partial charge in [0.2, 0.25) is 16.8 Å². The predicted molar refractivity (Wildman–Crippen MR) is 162 cm³/mol. The molecule has 0 spiro atoms. The third-order valence-electron chi connectivity index (χ3n) is 9.00. The van der Waals surface area contributed by atoms with E-state index in [1.54, 1.807) is 30.3 Å². The van der Waals surface area contributed by atoms with Gasteiger partial charge in [0.15, 0.2) is 24.4 Å². The number of benzene rings is 2. The summed E-state index contributed by atoms with van der Waals surface area (Å²) in [6, 6.07) is 12.4. The van der Waals surface area contributed by atoms with Crippen molar-refractivity contribution in [2.45, 2.75) is 68.0 Å². The standard InChI is InChI=1S/C32H39N3O10S/c33-12-14-40-23-7-5-21(6-8-23)15-26(34-32(37)45-30-19-42-31-25(30)11-13-41-31)27(36)18-35(17-22-3-1-2-4-22)46(38,39)24-9-10-28-29(16-24)44-20-43-28/h5-10,16,22,25-27,30-31,36H,1-4,11,13-15,17-20H2,(H,34,37)/t25-,26-,27+,30-,31+/m0/s1. The van der Waals surface area contributed by atoms with E-state index in [2.05, 4.69) is 5.32 Å². The molecule has 0 aromatic heterocycles. The monoisotopic (exact) mass is 657 g/mol. The van der Waals surface area contributed by atoms with Gasteiger partial charge in [0.25, 0.3) is 0 Å². The normalized spacial score (nSPS) is 23.5. The number of hydrogen-bond donors (Lipinski definition) is 2. The van der Waals surface area contributed by atoms with Gasteiger partial charge in [-0.2, -0.15) is 9.57 Å². The number of aliphatic hydroxyl groups is 1. The van der Waals surface area contributed by atoms with Crippen molar-refractivity contribution in [1.82, 2.24) is 9.62 Å². The second-order valence-corrected chi connectivity index (χ2v) is 14.0. The van der Waals surface area contributed by atoms with E-state index in [-0.39, 0.29) is 56.2 Å². The van der Waals surface area contributed by atoms with Crippen LogP contribution in [0.2, 0.25) is 0 Å². The molecule has 1 aliphatic carbocycles. The molecular weight excluding hydrogens is 618 g/mol. The highest BCUT2D eigenvalue weighted by Crippen LogP contribution is 2.36. The summed E-state index contributed by atoms with van der Waals surface area (Å²) in [7, 11) is -4.06. The summed E-state index contributed by atoms with van der Waals surface area (Å²) in [6.45, 7) is 0.634. The fourth-order valence-corrected chi connectivity index (χ4v) is 8.07. The van der Waals surface area contributed by atoms with Crippen molar-refractivity contribution in [2.75, 3.05) is 39.7 Å². The molecule has 0 bridgehead atoms. The number of carbonyl (C=O) groups excluding carboxylic acids is 1. The highest BCUT2D eigenvalue weighted by atomic mass is 32.2. The number of alkyl carbamates (subject to hydrolysis) is 1. The molecule has 3 fully saturated rings. The van der Waals surface area contributed by atoms with Crippen molar-refractivity contribution < 1.29 is 46.7 Å². The van der Waals surface area contributed by atoms with Gasteiger partial charge in [0, 0.05) is 19.2 Å². The number of rotatable bonds is 13. The molecule has 1 saturated carbocycles. The first-order valence-corrected chi connectivity index (χ1v) is 17.1. The fraction of sp³-hybridized carbons (Fsp3) is 0.562. The lowest BCUT2D eigenvalue weighted by Gasteiger charge is -2.31. The molecule has 1 amide bonds. The molecule has 3 aliphatic heterocycles. The van der Waals surface area contributed by atoms with Gasteiger partial charge in [-0.1, -0.05) is 25.0 Å². The van der Waals surface area contributed by atoms with Gasteiger partial charge in [0.05, 0.1) is 36.2 Å². The second-order valence-electron chi connectivity index (χ2n) is 12.1. The molecule has 0 unspecified atom stereocenters. The minimum Gasteiger partial charge on any atom is -0.479 e. The van der Waals surface area contributed by atoms with Gasteiger partial charge >= 0.3 is 6.09 Å². The van der Waals surface area contributed by atoms with Gasteiger partial charge in [-0.05, 0) is 61.4 Å². The molecule has 0 radical (unpaired) electrons. The summed E-state index contributed by atoms with van der Waals surface area (Å²) in [5.74, 6) is 1.40. The first kappa shape index (κ1) is 32.3. The molecule has 14 heteroatoms. The lowest BCUT2D eigenvalue weighted by atomic mass is 10.0. The van der Waals surface area contributed by atoms with E-state index < -0.39 is 40.7 Å². The van der Waals surface area contributed by atoms with Crippen molar-refractivity contribution in [3.63, 3.8) is 0 Å². The molecule has 3 heterocycles. The van der Waals surface area contributed by atoms with Gasteiger partial charge in [0.1, 0.15) is 17.9 Å². The summed E-state index contributed by atoms with van der Waals surface area (Å²) >= 11 is 0. The lowest BCUT2D eigenvalue weighted by molar-refractivity contribution is -0.0907. The van der Waals surface area contributed by atoms with Crippen LogP contribution in [0.25, 0.3) is 0 Å². The van der Waals surface area contributed by atoms with Crippen LogP contribution in [0, 0.1) is 23.2 Å². The number of sulfonamides is 1. The summed E-state index contributed by atoms with van der Waals surface area (Å²) < 4.78 is 62.4. The van der Waals surface area contributed by atoms with Gasteiger partial charge < -0.3 is 38.8 Å². The zero-order valence-corrected chi connectivity index (χ0v) is 26.2. The molecule has 46 heavy (non-hydrogen) atoms. The van der Waals surface area contributed by atoms with Crippen LogP contribution in [0.3, 0.4) is 0 Å². The Hall–Kier alpha value is -3.61. The van der Waals surface area contributed by atoms with Crippen LogP contribution in [0.5, 0.6) is 17.2 Å². The van der Waals surface area contributed by atoms with E-state index in [0.717, 1.165) is 31.2 Å². The predicted octanol–water partition coefficient (Wildman–Crippen LogP) is 2.96. The van der Waals surface area contributed by atoms with Crippen LogP contribution < -0.4 is 19.5 Å². The molecule has 4 aliphatic rings. The quantitative estimate of drug-likeness (QED) is 0.325. The number of hydrogen-bond acceptors (Lipinski definition) is 11. The van der Waals surface area contributed by atoms with E-state index in [9.17, 15) is 18.3 Å². The Morgan fingerprint density at radius 3 is 2.65 bits per heavy atom. The van der Waals surface area contributed by atoms with E-state index in [1.807, 2.05) is 6.07 Å². The number of nitrogens with zero attached hydrogens (tertiary/aromatic N) is 2. The molecule has 2 N–H and O–H groups in total. The first-order valence-electron chi connectivity index (χ1n) is 15.7. The van der Waals surface area contributed by atoms with E-state index >= 15 is 0 Å². The van der Waals surface area contributed by atoms with Crippen molar-refractivity contribution in [1.29, 1.82) is 5.26 Å². The first-order chi connectivity index (χ1) is 22.3. The van der Waals surface area contributed by atoms with Crippen molar-refractivity contribution in [3.8, 4) is 23.3 Å². The molecule has 2 aromatic rings. The molecule has 5 atom stereocenters. The molecular formula is C32H39N3O10S. The van der Waals surface area contributed by atoms with Crippen molar-refractivity contribution >= 4 is 16.1 Å². The Morgan fingerprint density at radius 2 is 1.87 bits per heavy atom. The van der Waals surface area contributed by atoms with Gasteiger partial charge in [-0.25, -0.2) is 13.2 Å². The molecule has 2 saturated heterocycles. The van der Waals surface area contributed by atoms with Crippen LogP contribution in [-0.4, -0.2) is 88.2 Å². The van der Waals surface area contributed by atoms with Crippen LogP contribution in [0.15, 0.2) is 47.4 Å². The number of fused-ring (bicyclic) bond motifs is 2. The number of ether oxygens (including phenoxy) is 6. The number of nitrogens with one attached hydrogen (secondary N) is 1. The Morgan fingerprint density at radius 1 is 1.09 bits per heavy atom. The average molecular weight is 658 g/mol. The third kappa shape index (κ3) is 7.50. The maximum atomic E-state index is 14.1. The summed E-state index contributed by atoms with van der Waals surface area (Å²) in [4.78, 5) is 13.2. The van der Waals surface area contributed by atoms with Gasteiger partial charge in [-0.15, -0.1) is 0 Å². The molecule has 6 rings (SSSR count). The summed E-state index contributed by atoms with van der Waals surface area (Å²) in [5.41, 5.74) is 0.753. The molecule has 248 valence electrons. The number of nitriles is 1. The van der Waals surface area contributed by atoms with E-state index in [0.29, 0.717) is 30.3 Å². The van der Waals surface area contributed by atoms with E-state index in [4.69, 9.17) is 33.7 Å². The summed E-state index contributed by atoms with van der Waals surface area (Å²) in [5, 5.41) is 23.3. The maximum absolute atomic E-state index is 14.1. The summed E-state index contributed by atoms with van der Waals surface area (Å²) in [6.07, 6.45) is 1.79. The zero-order valence-electron chi connectivity index (χ0n) is 25.4. The lowest BCUT2D eigenvalue weighted by Crippen LogP contribution is -2.51. The van der Waals surface area contributed by atoms with Crippen molar-refractivity contribution in [3.05, 3.63) is 48.0 Å². The topological polar surface area (TPSA) is 166 Å². The van der Waals surface area contributed by atoms with Crippen LogP contribution >= 0.6 is 0 Å². The minimum absolute atomic E-state index is 0.0135. The highest BCUT2D eigenvalue weighted by molar-refractivity contribution is 7.89. The van der Waals surface area contributed by atoms with Crippen LogP contribution in [0.1, 0.15) is 37.7 Å². The number of amides is 1. The van der Waals surface area contributed by atoms with Gasteiger partial charge in [-0.3, -0.25) is 0 Å². The van der Waals surface area contributed by atoms with E-state index in [1.165, 1.54) is 16.4 Å². The van der Waals surface area contributed by atoms with Crippen LogP contribution in [-0.2, 0) is 30.7 Å². The Bertz CT molecular complexity index is 1510. The minimum atomic E-state index is -4.06. The Labute approximate surface area is 268 Å². The second kappa shape index (κ2) is 14.4. The number of aliphatic hydroxyl groups excluding tert-OH is 1. The Kier molecular flexibility index (Phi) is 10.1. The van der Waals surface area contributed by atoms with Crippen LogP contribution in [0.4, 0.5) is 4.79 Å². The fourth-order valence-electron chi connectivity index (χ4n) is 6.52. The molecule has 13 nitrogen and oxygen atoms in total. The highest BCUT2D eigenvalue weighted by Gasteiger charge is 2.44. The largest absolute Gasteiger partial charge is 0.479 e. The van der Waals surface area contributed by atoms with Crippen molar-refractivity contribution in [2.24, 2.45) is 11.8 Å². The maximum Gasteiger partial charge on any atom is 0.407 e. The number of carbonyl (C=O) groups is 1. The Balaban J connectivity index is 1.21. The third-order valence-corrected chi connectivity index (χ3v) is 10.8. The molecule has 2 aromatic carbocycles.